The molecule has 2 atom stereocenters. The van der Waals surface area contributed by atoms with Gasteiger partial charge in [-0.25, -0.2) is 0 Å². The van der Waals surface area contributed by atoms with Crippen molar-refractivity contribution in [1.82, 2.24) is 5.32 Å². The van der Waals surface area contributed by atoms with Gasteiger partial charge in [0.15, 0.2) is 0 Å². The lowest BCUT2D eigenvalue weighted by Crippen LogP contribution is -2.58. The third kappa shape index (κ3) is 5.12. The molecule has 5 heteroatoms. The van der Waals surface area contributed by atoms with E-state index in [4.69, 9.17) is 11.5 Å². The molecule has 0 radical (unpaired) electrons. The van der Waals surface area contributed by atoms with Gasteiger partial charge < -0.3 is 16.8 Å². The number of hydrogen-bond donors (Lipinski definition) is 5. The molecule has 13 heavy (non-hydrogen) atoms. The summed E-state index contributed by atoms with van der Waals surface area (Å²) in [4.78, 5) is 0. The first-order valence-corrected chi connectivity index (χ1v) is 5.61. The molecule has 0 aromatic carbocycles. The van der Waals surface area contributed by atoms with E-state index in [0.29, 0.717) is 24.6 Å². The van der Waals surface area contributed by atoms with Crippen LogP contribution in [0.1, 0.15) is 13.8 Å². The molecule has 0 spiro atoms. The molecule has 0 bridgehead atoms. The lowest BCUT2D eigenvalue weighted by Gasteiger charge is -2.32. The number of nitrogens with two attached hydrogens (primary N) is 2. The van der Waals surface area contributed by atoms with Crippen LogP contribution in [-0.2, 0) is 0 Å². The minimum atomic E-state index is -0.289. The second-order valence-electron chi connectivity index (χ2n) is 4.09. The predicted molar refractivity (Wildman–Crippen MR) is 65.8 cm³/mol. The van der Waals surface area contributed by atoms with Crippen molar-refractivity contribution in [2.75, 3.05) is 24.6 Å². The number of rotatable bonds is 6. The van der Waals surface area contributed by atoms with Gasteiger partial charge in [-0.05, 0) is 13.8 Å². The van der Waals surface area contributed by atoms with Crippen LogP contribution in [0.15, 0.2) is 0 Å². The molecule has 80 valence electrons. The molecule has 0 rings (SSSR count). The first-order chi connectivity index (χ1) is 5.89. The van der Waals surface area contributed by atoms with Gasteiger partial charge in [0.05, 0.1) is 0 Å². The normalized spacial score (nSPS) is 20.8. The maximum Gasteiger partial charge on any atom is 0.0364 e. The van der Waals surface area contributed by atoms with Gasteiger partial charge in [-0.3, -0.25) is 0 Å². The summed E-state index contributed by atoms with van der Waals surface area (Å²) in [5.41, 5.74) is 11.1. The van der Waals surface area contributed by atoms with Crippen LogP contribution in [-0.4, -0.2) is 35.7 Å². The average molecular weight is 223 g/mol. The number of nitrogens with one attached hydrogen (secondary N) is 1. The molecule has 3 nitrogen and oxygen atoms in total. The Morgan fingerprint density at radius 1 is 1.23 bits per heavy atom. The summed E-state index contributed by atoms with van der Waals surface area (Å²) in [5.74, 6) is 1.35. The topological polar surface area (TPSA) is 64.1 Å². The van der Waals surface area contributed by atoms with E-state index >= 15 is 0 Å². The Balaban J connectivity index is 3.99. The standard InChI is InChI=1S/C8H21N3S2/c1-7(10,5-12)4-11-8(2,3-9)6-13/h11-13H,3-6,9-10H2,1-2H3/t7?,8-/m1/s1. The van der Waals surface area contributed by atoms with Crippen LogP contribution >= 0.6 is 25.3 Å². The maximum atomic E-state index is 5.93. The van der Waals surface area contributed by atoms with Crippen molar-refractivity contribution in [3.63, 3.8) is 0 Å². The second-order valence-corrected chi connectivity index (χ2v) is 4.72. The minimum Gasteiger partial charge on any atom is -0.329 e. The molecule has 0 amide bonds. The van der Waals surface area contributed by atoms with Crippen LogP contribution in [0.4, 0.5) is 0 Å². The molecule has 0 aromatic rings. The average Bonchev–Trinajstić information content (AvgIpc) is 2.14. The van der Waals surface area contributed by atoms with Gasteiger partial charge >= 0.3 is 0 Å². The van der Waals surface area contributed by atoms with Gasteiger partial charge in [-0.15, -0.1) is 0 Å². The zero-order valence-corrected chi connectivity index (χ0v) is 10.2. The molecule has 0 aromatic heterocycles. The summed E-state index contributed by atoms with van der Waals surface area (Å²) in [6.45, 7) is 5.25. The van der Waals surface area contributed by atoms with Gasteiger partial charge in [0, 0.05) is 35.7 Å². The Kier molecular flexibility index (Phi) is 5.70. The van der Waals surface area contributed by atoms with Gasteiger partial charge in [0.1, 0.15) is 0 Å². The van der Waals surface area contributed by atoms with E-state index in [1.807, 2.05) is 13.8 Å². The fourth-order valence-corrected chi connectivity index (χ4v) is 1.02. The maximum absolute atomic E-state index is 5.93. The first-order valence-electron chi connectivity index (χ1n) is 4.35. The van der Waals surface area contributed by atoms with E-state index < -0.39 is 0 Å². The Morgan fingerprint density at radius 3 is 2.08 bits per heavy atom. The predicted octanol–water partition coefficient (Wildman–Crippen LogP) is -0.130. The molecule has 0 saturated carbocycles. The molecular formula is C8H21N3S2. The van der Waals surface area contributed by atoms with Crippen LogP contribution in [0.25, 0.3) is 0 Å². The highest BCUT2D eigenvalue weighted by Crippen LogP contribution is 2.07. The van der Waals surface area contributed by atoms with Crippen molar-refractivity contribution < 1.29 is 0 Å². The van der Waals surface area contributed by atoms with Crippen LogP contribution in [0.5, 0.6) is 0 Å². The third-order valence-corrected chi connectivity index (χ3v) is 3.50. The summed E-state index contributed by atoms with van der Waals surface area (Å²) in [7, 11) is 0. The van der Waals surface area contributed by atoms with Crippen LogP contribution < -0.4 is 16.8 Å². The quantitative estimate of drug-likeness (QED) is 0.408. The van der Waals surface area contributed by atoms with Gasteiger partial charge in [-0.2, -0.15) is 25.3 Å². The summed E-state index contributed by atoms with van der Waals surface area (Å²) in [6.07, 6.45) is 0. The number of thiol groups is 2. The molecule has 5 N–H and O–H groups in total. The smallest absolute Gasteiger partial charge is 0.0364 e. The first kappa shape index (κ1) is 13.6. The molecule has 0 saturated heterocycles. The Morgan fingerprint density at radius 2 is 1.77 bits per heavy atom. The van der Waals surface area contributed by atoms with E-state index in [1.165, 1.54) is 0 Å². The summed E-state index contributed by atoms with van der Waals surface area (Å²) in [6, 6.07) is 0. The van der Waals surface area contributed by atoms with E-state index in [9.17, 15) is 0 Å². The van der Waals surface area contributed by atoms with E-state index in [-0.39, 0.29) is 11.1 Å². The van der Waals surface area contributed by atoms with Crippen LogP contribution in [0.3, 0.4) is 0 Å². The molecule has 0 heterocycles. The Bertz CT molecular complexity index is 146. The SMILES string of the molecule is CC(N)(CS)CN[C@](C)(CN)CS. The fraction of sp³-hybridized carbons (Fsp3) is 1.00. The highest BCUT2D eigenvalue weighted by Gasteiger charge is 2.24. The van der Waals surface area contributed by atoms with E-state index in [0.717, 1.165) is 0 Å². The van der Waals surface area contributed by atoms with Gasteiger partial charge in [-0.1, -0.05) is 0 Å². The van der Waals surface area contributed by atoms with Crippen molar-refractivity contribution in [2.45, 2.75) is 24.9 Å². The van der Waals surface area contributed by atoms with Gasteiger partial charge in [0.25, 0.3) is 0 Å². The Hall–Kier alpha value is 0.580. The zero-order chi connectivity index (χ0) is 10.5. The largest absolute Gasteiger partial charge is 0.329 e. The zero-order valence-electron chi connectivity index (χ0n) is 8.38. The molecular weight excluding hydrogens is 202 g/mol. The summed E-state index contributed by atoms with van der Waals surface area (Å²) >= 11 is 8.41. The monoisotopic (exact) mass is 223 g/mol. The van der Waals surface area contributed by atoms with E-state index in [1.54, 1.807) is 0 Å². The molecule has 1 unspecified atom stereocenters. The number of hydrogen-bond acceptors (Lipinski definition) is 5. The molecule has 0 aliphatic heterocycles. The highest BCUT2D eigenvalue weighted by molar-refractivity contribution is 7.80. The highest BCUT2D eigenvalue weighted by atomic mass is 32.1. The Labute approximate surface area is 91.8 Å². The van der Waals surface area contributed by atoms with Crippen molar-refractivity contribution in [2.24, 2.45) is 11.5 Å². The summed E-state index contributed by atoms with van der Waals surface area (Å²) in [5, 5.41) is 3.31. The third-order valence-electron chi connectivity index (χ3n) is 2.08. The van der Waals surface area contributed by atoms with Crippen molar-refractivity contribution in [3.05, 3.63) is 0 Å². The lowest BCUT2D eigenvalue weighted by atomic mass is 10.0. The van der Waals surface area contributed by atoms with Gasteiger partial charge in [0.2, 0.25) is 0 Å². The lowest BCUT2D eigenvalue weighted by molar-refractivity contribution is 0.356. The minimum absolute atomic E-state index is 0.132. The second kappa shape index (κ2) is 5.46. The molecule has 0 aliphatic carbocycles. The van der Waals surface area contributed by atoms with Crippen LogP contribution in [0.2, 0.25) is 0 Å². The molecule has 0 aliphatic rings. The van der Waals surface area contributed by atoms with Crippen molar-refractivity contribution in [1.29, 1.82) is 0 Å². The van der Waals surface area contributed by atoms with E-state index in [2.05, 4.69) is 30.6 Å². The van der Waals surface area contributed by atoms with Crippen LogP contribution in [0, 0.1) is 0 Å². The van der Waals surface area contributed by atoms with Crippen molar-refractivity contribution in [3.8, 4) is 0 Å². The molecule has 0 fully saturated rings. The summed E-state index contributed by atoms with van der Waals surface area (Å²) < 4.78 is 0. The fourth-order valence-electron chi connectivity index (χ4n) is 0.664. The van der Waals surface area contributed by atoms with Crippen molar-refractivity contribution >= 4 is 25.3 Å².